The number of carbonyl (C=O) groups is 2. The number of aromatic hydroxyl groups is 1. The van der Waals surface area contributed by atoms with Gasteiger partial charge in [-0.1, -0.05) is 17.7 Å². The summed E-state index contributed by atoms with van der Waals surface area (Å²) in [6.07, 6.45) is -2.33. The first-order valence-electron chi connectivity index (χ1n) is 3.45. The molecule has 0 aliphatic rings. The van der Waals surface area contributed by atoms with Crippen LogP contribution in [0.1, 0.15) is 10.4 Å². The molecule has 1 rings (SSSR count). The van der Waals surface area contributed by atoms with Gasteiger partial charge in [0.25, 0.3) is 0 Å². The van der Waals surface area contributed by atoms with Crippen molar-refractivity contribution < 1.29 is 133 Å². The summed E-state index contributed by atoms with van der Waals surface area (Å²) in [4.78, 5) is 18.7. The molecule has 0 fully saturated rings. The molecule has 9 heteroatoms. The average molecular weight is 311 g/mol. The van der Waals surface area contributed by atoms with Gasteiger partial charge in [-0.3, -0.25) is 0 Å². The maximum absolute atomic E-state index is 10.4. The van der Waals surface area contributed by atoms with Crippen LogP contribution in [0.15, 0.2) is 18.2 Å². The van der Waals surface area contributed by atoms with E-state index in [0.29, 0.717) is 0 Å². The predicted molar refractivity (Wildman–Crippen MR) is 45.5 cm³/mol. The average Bonchev–Trinajstić information content (AvgIpc) is 2.08. The largest absolute Gasteiger partial charge is 1.00 e. The second-order valence-electron chi connectivity index (χ2n) is 2.19. The van der Waals surface area contributed by atoms with Crippen LogP contribution in [0.4, 0.5) is 4.79 Å². The van der Waals surface area contributed by atoms with E-state index in [0.717, 1.165) is 0 Å². The Morgan fingerprint density at radius 1 is 1.18 bits per heavy atom. The third-order valence-electron chi connectivity index (χ3n) is 1.22. The van der Waals surface area contributed by atoms with E-state index in [4.69, 9.17) is 36.8 Å². The van der Waals surface area contributed by atoms with Crippen LogP contribution in [0.2, 0.25) is 5.02 Å². The summed E-state index contributed by atoms with van der Waals surface area (Å²) >= 11 is 5.44. The molecule has 0 saturated carbocycles. The molecule has 0 atom stereocenters. The van der Waals surface area contributed by atoms with E-state index in [9.17, 15) is 4.79 Å². The summed E-state index contributed by atoms with van der Waals surface area (Å²) in [5.41, 5.74) is -0.183. The molecule has 0 heterocycles. The summed E-state index contributed by atoms with van der Waals surface area (Å²) in [6, 6.07) is 4.17. The zero-order valence-corrected chi connectivity index (χ0v) is 16.1. The van der Waals surface area contributed by atoms with Gasteiger partial charge in [0.15, 0.2) is 0 Å². The minimum absolute atomic E-state index is 0. The number of carbonyl (C=O) groups excluding carboxylic acids is 1. The molecule has 0 saturated heterocycles. The molecular weight excluding hydrogens is 306 g/mol. The van der Waals surface area contributed by atoms with E-state index in [1.807, 2.05) is 0 Å². The number of aromatic carboxylic acids is 1. The van der Waals surface area contributed by atoms with Crippen molar-refractivity contribution in [2.45, 2.75) is 0 Å². The molecule has 0 radical (unpaired) electrons. The monoisotopic (exact) mass is 310 g/mol. The smallest absolute Gasteiger partial charge is 0.652 e. The van der Waals surface area contributed by atoms with Crippen LogP contribution in [0.3, 0.4) is 0 Å². The minimum atomic E-state index is -2.33. The van der Waals surface area contributed by atoms with Gasteiger partial charge >= 0.3 is 109 Å². The number of para-hydroxylation sites is 1. The van der Waals surface area contributed by atoms with Gasteiger partial charge in [0.2, 0.25) is 0 Å². The molecule has 0 bridgehead atoms. The van der Waals surface area contributed by atoms with E-state index in [-0.39, 0.29) is 119 Å². The first-order chi connectivity index (χ1) is 6.86. The van der Waals surface area contributed by atoms with E-state index in [2.05, 4.69) is 0 Å². The van der Waals surface area contributed by atoms with Crippen LogP contribution in [0.25, 0.3) is 0 Å². The van der Waals surface area contributed by atoms with Crippen LogP contribution in [0.5, 0.6) is 5.75 Å². The molecule has 1 aromatic rings. The number of halogens is 1. The SMILES string of the molecule is O=C(O)c1cccc(Cl)c1O.O=C([O-])[O-].[K+].[K+]. The van der Waals surface area contributed by atoms with Gasteiger partial charge in [0, 0.05) is 0 Å². The fourth-order valence-corrected chi connectivity index (χ4v) is 0.862. The molecule has 82 valence electrons. The van der Waals surface area contributed by atoms with Crippen molar-refractivity contribution in [1.82, 2.24) is 0 Å². The Hall–Kier alpha value is 1.32. The fourth-order valence-electron chi connectivity index (χ4n) is 0.688. The van der Waals surface area contributed by atoms with E-state index in [1.54, 1.807) is 0 Å². The second-order valence-corrected chi connectivity index (χ2v) is 2.60. The maximum atomic E-state index is 10.4. The van der Waals surface area contributed by atoms with Crippen molar-refractivity contribution >= 4 is 23.7 Å². The summed E-state index contributed by atoms with van der Waals surface area (Å²) in [5.74, 6) is -1.58. The van der Waals surface area contributed by atoms with Crippen LogP contribution < -0.4 is 113 Å². The quantitative estimate of drug-likeness (QED) is 0.497. The van der Waals surface area contributed by atoms with Gasteiger partial charge in [-0.15, -0.1) is 0 Å². The summed E-state index contributed by atoms with van der Waals surface area (Å²) in [5, 5.41) is 34.2. The van der Waals surface area contributed by atoms with Gasteiger partial charge in [0.1, 0.15) is 11.3 Å². The molecule has 0 unspecified atom stereocenters. The number of rotatable bonds is 1. The van der Waals surface area contributed by atoms with Crippen LogP contribution >= 0.6 is 11.6 Å². The Morgan fingerprint density at radius 2 is 1.59 bits per heavy atom. The molecule has 1 aromatic carbocycles. The van der Waals surface area contributed by atoms with Gasteiger partial charge in [-0.05, 0) is 18.3 Å². The molecule has 0 spiro atoms. The van der Waals surface area contributed by atoms with Crippen molar-refractivity contribution in [3.05, 3.63) is 28.8 Å². The van der Waals surface area contributed by atoms with Crippen LogP contribution in [-0.4, -0.2) is 22.3 Å². The van der Waals surface area contributed by atoms with Crippen LogP contribution in [-0.2, 0) is 0 Å². The first-order valence-corrected chi connectivity index (χ1v) is 3.82. The predicted octanol–water partition coefficient (Wildman–Crippen LogP) is -6.70. The third kappa shape index (κ3) is 10.9. The summed E-state index contributed by atoms with van der Waals surface area (Å²) in [6.45, 7) is 0. The van der Waals surface area contributed by atoms with E-state index in [1.165, 1.54) is 18.2 Å². The zero-order valence-electron chi connectivity index (χ0n) is 9.14. The number of carboxylic acid groups (broad SMARTS) is 3. The molecule has 0 aliphatic carbocycles. The molecule has 17 heavy (non-hydrogen) atoms. The molecule has 2 N–H and O–H groups in total. The third-order valence-corrected chi connectivity index (χ3v) is 1.52. The number of hydrogen-bond acceptors (Lipinski definition) is 5. The Balaban J connectivity index is -0.000000289. The van der Waals surface area contributed by atoms with Gasteiger partial charge in [-0.25, -0.2) is 4.79 Å². The fraction of sp³-hybridized carbons (Fsp3) is 0. The number of benzene rings is 1. The molecule has 0 aromatic heterocycles. The Kier molecular flexibility index (Phi) is 17.0. The zero-order chi connectivity index (χ0) is 12.0. The first kappa shape index (κ1) is 23.4. The summed E-state index contributed by atoms with van der Waals surface area (Å²) < 4.78 is 0. The van der Waals surface area contributed by atoms with Crippen molar-refractivity contribution in [3.8, 4) is 5.75 Å². The normalized spacial score (nSPS) is 7.59. The Labute approximate surface area is 187 Å². The molecule has 0 amide bonds. The minimum Gasteiger partial charge on any atom is -0.652 e. The van der Waals surface area contributed by atoms with Crippen molar-refractivity contribution in [2.24, 2.45) is 0 Å². The summed E-state index contributed by atoms with van der Waals surface area (Å²) in [7, 11) is 0. The van der Waals surface area contributed by atoms with Gasteiger partial charge < -0.3 is 25.2 Å². The maximum Gasteiger partial charge on any atom is 1.00 e. The van der Waals surface area contributed by atoms with Gasteiger partial charge in [0.05, 0.1) is 5.02 Å². The Morgan fingerprint density at radius 3 is 1.88 bits per heavy atom. The topological polar surface area (TPSA) is 121 Å². The van der Waals surface area contributed by atoms with Crippen molar-refractivity contribution in [2.75, 3.05) is 0 Å². The van der Waals surface area contributed by atoms with Crippen LogP contribution in [0, 0.1) is 0 Å². The Bertz CT molecular complexity index is 380. The number of carboxylic acids is 1. The van der Waals surface area contributed by atoms with E-state index >= 15 is 0 Å². The number of phenols is 1. The molecule has 6 nitrogen and oxygen atoms in total. The second kappa shape index (κ2) is 12.4. The van der Waals surface area contributed by atoms with Crippen molar-refractivity contribution in [3.63, 3.8) is 0 Å². The van der Waals surface area contributed by atoms with Crippen molar-refractivity contribution in [1.29, 1.82) is 0 Å². The van der Waals surface area contributed by atoms with E-state index < -0.39 is 12.1 Å². The standard InChI is InChI=1S/C7H5ClO3.CH2O3.2K/c8-5-3-1-2-4(6(5)9)7(10)11;2-1(3)4;;/h1-3,9H,(H,10,11);(H2,2,3,4);;/q;;2*+1/p-2. The van der Waals surface area contributed by atoms with Gasteiger partial charge in [-0.2, -0.15) is 0 Å². The number of hydrogen-bond donors (Lipinski definition) is 2. The molecular formula is C8H5ClK2O6. The molecule has 0 aliphatic heterocycles.